The Morgan fingerprint density at radius 2 is 0.807 bits per heavy atom. The van der Waals surface area contributed by atoms with E-state index in [9.17, 15) is 0 Å². The summed E-state index contributed by atoms with van der Waals surface area (Å²) in [6, 6.07) is 65.2. The number of benzene rings is 6. The smallest absolute Gasteiger partial charge is 0.0712 e. The fourth-order valence-corrected chi connectivity index (χ4v) is 9.18. The number of likely N-dealkylation sites (tertiary alicyclic amines) is 1. The molecule has 0 amide bonds. The van der Waals surface area contributed by atoms with E-state index in [4.69, 9.17) is 15.0 Å². The maximum Gasteiger partial charge on any atom is 0.0712 e. The molecule has 0 bridgehead atoms. The fourth-order valence-electron chi connectivity index (χ4n) is 9.18. The number of aromatic nitrogens is 3. The summed E-state index contributed by atoms with van der Waals surface area (Å²) in [4.78, 5) is 19.1. The molecule has 6 aromatic carbocycles. The van der Waals surface area contributed by atoms with Gasteiger partial charge < -0.3 is 0 Å². The first-order valence-electron chi connectivity index (χ1n) is 20.3. The molecule has 3 aromatic heterocycles. The zero-order valence-corrected chi connectivity index (χ0v) is 32.2. The van der Waals surface area contributed by atoms with Gasteiger partial charge in [0.25, 0.3) is 0 Å². The van der Waals surface area contributed by atoms with E-state index >= 15 is 0 Å². The van der Waals surface area contributed by atoms with Crippen LogP contribution in [0.4, 0.5) is 0 Å². The van der Waals surface area contributed by atoms with Crippen molar-refractivity contribution >= 4 is 32.3 Å². The largest absolute Gasteiger partial charge is 0.280 e. The van der Waals surface area contributed by atoms with Crippen molar-refractivity contribution in [1.82, 2.24) is 19.9 Å². The molecule has 4 nitrogen and oxygen atoms in total. The molecule has 9 aromatic rings. The predicted molar refractivity (Wildman–Crippen MR) is 236 cm³/mol. The van der Waals surface area contributed by atoms with Crippen LogP contribution in [0.5, 0.6) is 0 Å². The number of piperidine rings is 1. The number of fused-ring (bicyclic) bond motifs is 3. The number of nitrogens with zero attached hydrogens (tertiary/aromatic N) is 4. The van der Waals surface area contributed by atoms with Gasteiger partial charge >= 0.3 is 0 Å². The van der Waals surface area contributed by atoms with Crippen molar-refractivity contribution < 1.29 is 0 Å². The third-order valence-corrected chi connectivity index (χ3v) is 12.1. The molecular formula is C53H44N4. The topological polar surface area (TPSA) is 41.9 Å². The Morgan fingerprint density at radius 3 is 1.26 bits per heavy atom. The van der Waals surface area contributed by atoms with Crippen molar-refractivity contribution in [2.24, 2.45) is 5.92 Å². The molecule has 0 saturated carbocycles. The molecule has 10 rings (SSSR count). The van der Waals surface area contributed by atoms with E-state index in [2.05, 4.69) is 194 Å². The van der Waals surface area contributed by atoms with Crippen LogP contribution in [-0.4, -0.2) is 19.9 Å². The summed E-state index contributed by atoms with van der Waals surface area (Å²) in [6.07, 6.45) is 3.14. The molecular weight excluding hydrogens is 693 g/mol. The third-order valence-electron chi connectivity index (χ3n) is 12.1. The molecule has 276 valence electrons. The Bertz CT molecular complexity index is 2730. The summed E-state index contributed by atoms with van der Waals surface area (Å²) in [7, 11) is 0. The molecule has 4 heterocycles. The van der Waals surface area contributed by atoms with Crippen LogP contribution in [-0.2, 0) is 6.54 Å². The van der Waals surface area contributed by atoms with Gasteiger partial charge in [-0.2, -0.15) is 0 Å². The summed E-state index contributed by atoms with van der Waals surface area (Å²) in [6.45, 7) is 3.01. The first-order chi connectivity index (χ1) is 28.2. The monoisotopic (exact) mass is 736 g/mol. The van der Waals surface area contributed by atoms with E-state index in [1.807, 2.05) is 0 Å². The normalized spacial score (nSPS) is 17.3. The van der Waals surface area contributed by atoms with Gasteiger partial charge in [-0.1, -0.05) is 159 Å². The minimum absolute atomic E-state index is 0.0645. The van der Waals surface area contributed by atoms with Crippen LogP contribution >= 0.6 is 0 Å². The van der Waals surface area contributed by atoms with Gasteiger partial charge in [0, 0.05) is 23.2 Å². The average molecular weight is 737 g/mol. The van der Waals surface area contributed by atoms with E-state index in [1.54, 1.807) is 0 Å². The minimum atomic E-state index is 0.0645. The average Bonchev–Trinajstić information content (AvgIpc) is 3.28. The molecule has 0 unspecified atom stereocenters. The molecule has 1 aliphatic rings. The molecule has 1 saturated heterocycles. The van der Waals surface area contributed by atoms with Gasteiger partial charge in [-0.3, -0.25) is 19.9 Å². The standard InChI is InChI=1S/C53H44N4/c1-2-36-33-52(50-31-13-29-48(55-50)45-26-10-19-38-16-4-7-23-42(38)45)57(35-40-21-12-28-47(54-40)44-25-9-18-37-15-3-6-22-41(37)44)53(34-36)51-32-14-30-49(56-51)46-27-11-20-39-17-5-8-24-43(39)46/h3-32,36,52-53H,2,33-35H2,1H3/t52-,53-/m1/s1. The second-order valence-electron chi connectivity index (χ2n) is 15.4. The van der Waals surface area contributed by atoms with Gasteiger partial charge in [0.1, 0.15) is 0 Å². The van der Waals surface area contributed by atoms with Crippen LogP contribution in [0.15, 0.2) is 182 Å². The first-order valence-corrected chi connectivity index (χ1v) is 20.3. The highest BCUT2D eigenvalue weighted by Crippen LogP contribution is 2.46. The second-order valence-corrected chi connectivity index (χ2v) is 15.4. The van der Waals surface area contributed by atoms with Gasteiger partial charge in [-0.05, 0) is 87.5 Å². The van der Waals surface area contributed by atoms with Gasteiger partial charge in [0.15, 0.2) is 0 Å². The minimum Gasteiger partial charge on any atom is -0.280 e. The Labute approximate surface area is 334 Å². The number of pyridine rings is 3. The maximum absolute atomic E-state index is 5.52. The Kier molecular flexibility index (Phi) is 9.33. The summed E-state index contributed by atoms with van der Waals surface area (Å²) in [5.74, 6) is 0.511. The van der Waals surface area contributed by atoms with Crippen LogP contribution in [0.25, 0.3) is 66.1 Å². The van der Waals surface area contributed by atoms with Crippen LogP contribution in [0, 0.1) is 5.92 Å². The van der Waals surface area contributed by atoms with Crippen LogP contribution in [0.1, 0.15) is 55.4 Å². The van der Waals surface area contributed by atoms with Crippen molar-refractivity contribution in [3.8, 4) is 33.8 Å². The quantitative estimate of drug-likeness (QED) is 0.156. The summed E-state index contributed by atoms with van der Waals surface area (Å²) in [5.41, 5.74) is 9.72. The fraction of sp³-hybridized carbons (Fsp3) is 0.151. The van der Waals surface area contributed by atoms with Crippen molar-refractivity contribution in [2.45, 2.75) is 44.8 Å². The van der Waals surface area contributed by atoms with Gasteiger partial charge in [0.05, 0.1) is 46.2 Å². The summed E-state index contributed by atoms with van der Waals surface area (Å²) < 4.78 is 0. The lowest BCUT2D eigenvalue weighted by atomic mass is 9.81. The number of hydrogen-bond donors (Lipinski definition) is 0. The Hall–Kier alpha value is -6.49. The molecule has 0 spiro atoms. The highest BCUT2D eigenvalue weighted by molar-refractivity contribution is 5.97. The van der Waals surface area contributed by atoms with Crippen molar-refractivity contribution in [2.75, 3.05) is 0 Å². The Balaban J connectivity index is 1.10. The molecule has 0 aliphatic carbocycles. The number of rotatable bonds is 8. The van der Waals surface area contributed by atoms with Crippen molar-refractivity contribution in [3.05, 3.63) is 199 Å². The predicted octanol–water partition coefficient (Wildman–Crippen LogP) is 13.4. The SMILES string of the molecule is CCC1C[C@H](c2cccc(-c3cccc4ccccc34)n2)N(Cc2cccc(-c3cccc4ccccc34)n2)[C@@H](c2cccc(-c3cccc4ccccc34)n2)C1. The second kappa shape index (κ2) is 15.2. The molecule has 4 heteroatoms. The van der Waals surface area contributed by atoms with E-state index in [1.165, 1.54) is 32.3 Å². The first kappa shape index (κ1) is 35.0. The zero-order valence-electron chi connectivity index (χ0n) is 32.2. The van der Waals surface area contributed by atoms with Crippen LogP contribution < -0.4 is 0 Å². The van der Waals surface area contributed by atoms with E-state index in [0.717, 1.165) is 70.1 Å². The lowest BCUT2D eigenvalue weighted by molar-refractivity contribution is 0.0357. The molecule has 1 fully saturated rings. The van der Waals surface area contributed by atoms with Gasteiger partial charge in [0.2, 0.25) is 0 Å². The Morgan fingerprint density at radius 1 is 0.421 bits per heavy atom. The third kappa shape index (κ3) is 6.77. The highest BCUT2D eigenvalue weighted by Gasteiger charge is 2.38. The van der Waals surface area contributed by atoms with Gasteiger partial charge in [-0.15, -0.1) is 0 Å². The number of hydrogen-bond acceptors (Lipinski definition) is 4. The van der Waals surface area contributed by atoms with Crippen molar-refractivity contribution in [3.63, 3.8) is 0 Å². The highest BCUT2D eigenvalue weighted by atomic mass is 15.2. The lowest BCUT2D eigenvalue weighted by Crippen LogP contribution is -2.40. The summed E-state index contributed by atoms with van der Waals surface area (Å²) in [5, 5.41) is 7.33. The van der Waals surface area contributed by atoms with Gasteiger partial charge in [-0.25, -0.2) is 0 Å². The van der Waals surface area contributed by atoms with Crippen molar-refractivity contribution in [1.29, 1.82) is 0 Å². The van der Waals surface area contributed by atoms with Crippen LogP contribution in [0.3, 0.4) is 0 Å². The molecule has 1 aliphatic heterocycles. The van der Waals surface area contributed by atoms with E-state index < -0.39 is 0 Å². The van der Waals surface area contributed by atoms with Crippen LogP contribution in [0.2, 0.25) is 0 Å². The molecule has 0 radical (unpaired) electrons. The van der Waals surface area contributed by atoms with E-state index in [-0.39, 0.29) is 12.1 Å². The summed E-state index contributed by atoms with van der Waals surface area (Å²) >= 11 is 0. The van der Waals surface area contributed by atoms with E-state index in [0.29, 0.717) is 12.5 Å². The lowest BCUT2D eigenvalue weighted by Gasteiger charge is -2.45. The molecule has 0 N–H and O–H groups in total. The molecule has 57 heavy (non-hydrogen) atoms. The zero-order chi connectivity index (χ0) is 38.1. The molecule has 2 atom stereocenters. The maximum atomic E-state index is 5.52.